The molecule has 0 saturated carbocycles. The molecule has 1 saturated heterocycles. The summed E-state index contributed by atoms with van der Waals surface area (Å²) in [6.07, 6.45) is 2.71. The van der Waals surface area contributed by atoms with Crippen LogP contribution in [0.3, 0.4) is 0 Å². The van der Waals surface area contributed by atoms with Crippen molar-refractivity contribution in [2.24, 2.45) is 0 Å². The van der Waals surface area contributed by atoms with Gasteiger partial charge in [-0.1, -0.05) is 49.4 Å². The van der Waals surface area contributed by atoms with Gasteiger partial charge in [0, 0.05) is 19.5 Å². The van der Waals surface area contributed by atoms with Crippen LogP contribution in [0.25, 0.3) is 11.0 Å². The molecule has 4 rings (SSSR count). The smallest absolute Gasteiger partial charge is 0.226 e. The SMILES string of the molecule is C[C@@H](CC(=O)Nc1nc2ccccc2nc1N1CCCC1)c1ccccc1. The molecule has 1 fully saturated rings. The van der Waals surface area contributed by atoms with Gasteiger partial charge in [0.1, 0.15) is 0 Å². The van der Waals surface area contributed by atoms with Crippen molar-refractivity contribution in [2.45, 2.75) is 32.1 Å². The average Bonchev–Trinajstić information content (AvgIpc) is 3.22. The number of hydrogen-bond acceptors (Lipinski definition) is 4. The minimum absolute atomic E-state index is 0.0311. The Morgan fingerprint density at radius 2 is 1.63 bits per heavy atom. The van der Waals surface area contributed by atoms with Gasteiger partial charge in [-0.15, -0.1) is 0 Å². The Hall–Kier alpha value is -2.95. The number of para-hydroxylation sites is 2. The van der Waals surface area contributed by atoms with Gasteiger partial charge < -0.3 is 10.2 Å². The monoisotopic (exact) mass is 360 g/mol. The second-order valence-electron chi connectivity index (χ2n) is 7.14. The average molecular weight is 360 g/mol. The zero-order chi connectivity index (χ0) is 18.6. The molecule has 0 radical (unpaired) electrons. The van der Waals surface area contributed by atoms with Crippen molar-refractivity contribution in [3.8, 4) is 0 Å². The third-order valence-electron chi connectivity index (χ3n) is 5.08. The maximum atomic E-state index is 12.7. The van der Waals surface area contributed by atoms with Gasteiger partial charge in [-0.25, -0.2) is 9.97 Å². The zero-order valence-corrected chi connectivity index (χ0v) is 15.6. The van der Waals surface area contributed by atoms with Crippen LogP contribution in [0.2, 0.25) is 0 Å². The van der Waals surface area contributed by atoms with Gasteiger partial charge in [0.25, 0.3) is 0 Å². The fourth-order valence-electron chi connectivity index (χ4n) is 3.58. The lowest BCUT2D eigenvalue weighted by Crippen LogP contribution is -2.23. The number of nitrogens with zero attached hydrogens (tertiary/aromatic N) is 3. The van der Waals surface area contributed by atoms with Gasteiger partial charge in [0.2, 0.25) is 5.91 Å². The van der Waals surface area contributed by atoms with E-state index in [0.29, 0.717) is 12.2 Å². The first kappa shape index (κ1) is 17.5. The quantitative estimate of drug-likeness (QED) is 0.734. The van der Waals surface area contributed by atoms with Crippen LogP contribution in [-0.2, 0) is 4.79 Å². The molecule has 1 atom stereocenters. The van der Waals surface area contributed by atoms with Crippen LogP contribution in [0.1, 0.15) is 37.7 Å². The van der Waals surface area contributed by atoms with Gasteiger partial charge in [-0.3, -0.25) is 4.79 Å². The maximum Gasteiger partial charge on any atom is 0.226 e. The summed E-state index contributed by atoms with van der Waals surface area (Å²) in [5, 5.41) is 3.03. The lowest BCUT2D eigenvalue weighted by molar-refractivity contribution is -0.116. The van der Waals surface area contributed by atoms with Crippen molar-refractivity contribution >= 4 is 28.6 Å². The fourth-order valence-corrected chi connectivity index (χ4v) is 3.58. The number of carbonyl (C=O) groups excluding carboxylic acids is 1. The maximum absolute atomic E-state index is 12.7. The molecule has 2 aromatic carbocycles. The molecule has 1 amide bonds. The summed E-state index contributed by atoms with van der Waals surface area (Å²) in [7, 11) is 0. The summed E-state index contributed by atoms with van der Waals surface area (Å²) in [6.45, 7) is 3.98. The van der Waals surface area contributed by atoms with E-state index >= 15 is 0 Å². The number of amides is 1. The van der Waals surface area contributed by atoms with Crippen LogP contribution in [0.4, 0.5) is 11.6 Å². The molecular formula is C22H24N4O. The summed E-state index contributed by atoms with van der Waals surface area (Å²) in [5.41, 5.74) is 2.82. The lowest BCUT2D eigenvalue weighted by Gasteiger charge is -2.20. The van der Waals surface area contributed by atoms with Crippen molar-refractivity contribution in [2.75, 3.05) is 23.3 Å². The highest BCUT2D eigenvalue weighted by atomic mass is 16.1. The summed E-state index contributed by atoms with van der Waals surface area (Å²) in [6, 6.07) is 17.9. The van der Waals surface area contributed by atoms with Crippen molar-refractivity contribution in [1.29, 1.82) is 0 Å². The fraction of sp³-hybridized carbons (Fsp3) is 0.318. The first-order valence-corrected chi connectivity index (χ1v) is 9.57. The van der Waals surface area contributed by atoms with Gasteiger partial charge in [0.05, 0.1) is 11.0 Å². The molecule has 2 heterocycles. The summed E-state index contributed by atoms with van der Waals surface area (Å²) >= 11 is 0. The largest absolute Gasteiger partial charge is 0.354 e. The predicted octanol–water partition coefficient (Wildman–Crippen LogP) is 4.36. The van der Waals surface area contributed by atoms with E-state index in [0.717, 1.165) is 48.3 Å². The lowest BCUT2D eigenvalue weighted by atomic mass is 9.98. The van der Waals surface area contributed by atoms with Crippen molar-refractivity contribution in [3.63, 3.8) is 0 Å². The van der Waals surface area contributed by atoms with Crippen molar-refractivity contribution in [3.05, 3.63) is 60.2 Å². The summed E-state index contributed by atoms with van der Waals surface area (Å²) < 4.78 is 0. The van der Waals surface area contributed by atoms with Crippen LogP contribution in [0.5, 0.6) is 0 Å². The van der Waals surface area contributed by atoms with Crippen LogP contribution < -0.4 is 10.2 Å². The predicted molar refractivity (Wildman–Crippen MR) is 109 cm³/mol. The molecule has 5 nitrogen and oxygen atoms in total. The molecule has 3 aromatic rings. The number of aromatic nitrogens is 2. The highest BCUT2D eigenvalue weighted by Crippen LogP contribution is 2.28. The van der Waals surface area contributed by atoms with Gasteiger partial charge in [0.15, 0.2) is 11.6 Å². The van der Waals surface area contributed by atoms with Gasteiger partial charge in [-0.05, 0) is 36.5 Å². The first-order chi connectivity index (χ1) is 13.2. The van der Waals surface area contributed by atoms with Gasteiger partial charge >= 0.3 is 0 Å². The number of benzene rings is 2. The molecule has 5 heteroatoms. The van der Waals surface area contributed by atoms with E-state index in [2.05, 4.69) is 29.3 Å². The molecule has 1 aromatic heterocycles. The number of carbonyl (C=O) groups is 1. The van der Waals surface area contributed by atoms with Crippen molar-refractivity contribution < 1.29 is 4.79 Å². The molecule has 27 heavy (non-hydrogen) atoms. The molecule has 1 aliphatic rings. The molecule has 138 valence electrons. The topological polar surface area (TPSA) is 58.1 Å². The third-order valence-corrected chi connectivity index (χ3v) is 5.08. The first-order valence-electron chi connectivity index (χ1n) is 9.57. The van der Waals surface area contributed by atoms with E-state index in [1.54, 1.807) is 0 Å². The molecule has 0 aliphatic carbocycles. The molecule has 0 spiro atoms. The number of hydrogen-bond donors (Lipinski definition) is 1. The van der Waals surface area contributed by atoms with Crippen LogP contribution in [0, 0.1) is 0 Å². The Morgan fingerprint density at radius 3 is 2.33 bits per heavy atom. The molecule has 0 bridgehead atoms. The molecular weight excluding hydrogens is 336 g/mol. The Balaban J connectivity index is 1.58. The van der Waals surface area contributed by atoms with E-state index in [-0.39, 0.29) is 11.8 Å². The van der Waals surface area contributed by atoms with E-state index in [1.807, 2.05) is 42.5 Å². The van der Waals surface area contributed by atoms with E-state index in [9.17, 15) is 4.79 Å². The number of nitrogens with one attached hydrogen (secondary N) is 1. The minimum atomic E-state index is -0.0311. The Morgan fingerprint density at radius 1 is 1.00 bits per heavy atom. The molecule has 1 aliphatic heterocycles. The summed E-state index contributed by atoms with van der Waals surface area (Å²) in [5.74, 6) is 1.47. The highest BCUT2D eigenvalue weighted by molar-refractivity contribution is 5.94. The van der Waals surface area contributed by atoms with Gasteiger partial charge in [-0.2, -0.15) is 0 Å². The third kappa shape index (κ3) is 3.92. The Labute approximate surface area is 159 Å². The van der Waals surface area contributed by atoms with E-state index < -0.39 is 0 Å². The Bertz CT molecular complexity index is 935. The zero-order valence-electron chi connectivity index (χ0n) is 15.6. The minimum Gasteiger partial charge on any atom is -0.354 e. The second kappa shape index (κ2) is 7.74. The highest BCUT2D eigenvalue weighted by Gasteiger charge is 2.21. The summed E-state index contributed by atoms with van der Waals surface area (Å²) in [4.78, 5) is 24.4. The van der Waals surface area contributed by atoms with Crippen molar-refractivity contribution in [1.82, 2.24) is 9.97 Å². The molecule has 0 unspecified atom stereocenters. The van der Waals surface area contributed by atoms with Crippen LogP contribution in [0.15, 0.2) is 54.6 Å². The van der Waals surface area contributed by atoms with E-state index in [1.165, 1.54) is 0 Å². The Kier molecular flexibility index (Phi) is 5.01. The normalized spacial score (nSPS) is 15.1. The van der Waals surface area contributed by atoms with Crippen LogP contribution >= 0.6 is 0 Å². The van der Waals surface area contributed by atoms with E-state index in [4.69, 9.17) is 9.97 Å². The number of fused-ring (bicyclic) bond motifs is 1. The molecule has 1 N–H and O–H groups in total. The van der Waals surface area contributed by atoms with Crippen LogP contribution in [-0.4, -0.2) is 29.0 Å². The standard InChI is InChI=1S/C22H24N4O/c1-16(17-9-3-2-4-10-17)15-20(27)25-21-22(26-13-7-8-14-26)24-19-12-6-5-11-18(19)23-21/h2-6,9-12,16H,7-8,13-15H2,1H3,(H,23,25,27)/t16-/m0/s1. The number of anilines is 2. The second-order valence-corrected chi connectivity index (χ2v) is 7.14. The number of rotatable bonds is 5.